The lowest BCUT2D eigenvalue weighted by Crippen LogP contribution is -2.26. The van der Waals surface area contributed by atoms with Gasteiger partial charge in [0.1, 0.15) is 29.4 Å². The van der Waals surface area contributed by atoms with Gasteiger partial charge in [-0.25, -0.2) is 4.79 Å². The molecule has 0 atom stereocenters. The molecule has 0 saturated carbocycles. The van der Waals surface area contributed by atoms with Gasteiger partial charge >= 0.3 is 5.97 Å². The minimum Gasteiger partial charge on any atom is -0.489 e. The fraction of sp³-hybridized carbons (Fsp3) is 0.217. The summed E-state index contributed by atoms with van der Waals surface area (Å²) in [4.78, 5) is 25.9. The smallest absolute Gasteiger partial charge is 0.341 e. The van der Waals surface area contributed by atoms with Crippen molar-refractivity contribution in [3.63, 3.8) is 0 Å². The zero-order chi connectivity index (χ0) is 20.8. The van der Waals surface area contributed by atoms with E-state index in [2.05, 4.69) is 0 Å². The van der Waals surface area contributed by atoms with Crippen LogP contribution in [0, 0.1) is 6.92 Å². The molecule has 0 N–H and O–H groups in total. The summed E-state index contributed by atoms with van der Waals surface area (Å²) in [5, 5.41) is 0. The van der Waals surface area contributed by atoms with E-state index in [1.165, 1.54) is 12.0 Å². The second-order valence-corrected chi connectivity index (χ2v) is 6.63. The van der Waals surface area contributed by atoms with Crippen molar-refractivity contribution in [2.45, 2.75) is 20.1 Å². The largest absolute Gasteiger partial charge is 0.489 e. The Labute approximate surface area is 169 Å². The molecule has 150 valence electrons. The van der Waals surface area contributed by atoms with Crippen LogP contribution in [0.25, 0.3) is 0 Å². The third kappa shape index (κ3) is 5.04. The molecule has 0 saturated heterocycles. The van der Waals surface area contributed by atoms with E-state index in [4.69, 9.17) is 13.9 Å². The number of carbonyl (C=O) groups excluding carboxylic acids is 2. The minimum atomic E-state index is -0.459. The first-order chi connectivity index (χ1) is 14.0. The van der Waals surface area contributed by atoms with Crippen molar-refractivity contribution < 1.29 is 23.5 Å². The molecule has 6 nitrogen and oxygen atoms in total. The van der Waals surface area contributed by atoms with Crippen LogP contribution in [-0.4, -0.2) is 30.9 Å². The Morgan fingerprint density at radius 3 is 2.38 bits per heavy atom. The second kappa shape index (κ2) is 9.10. The van der Waals surface area contributed by atoms with Crippen molar-refractivity contribution in [3.8, 4) is 5.75 Å². The molecule has 0 unspecified atom stereocenters. The van der Waals surface area contributed by atoms with E-state index in [-0.39, 0.29) is 12.5 Å². The molecule has 1 heterocycles. The summed E-state index contributed by atoms with van der Waals surface area (Å²) < 4.78 is 16.0. The number of hydrogen-bond acceptors (Lipinski definition) is 5. The highest BCUT2D eigenvalue weighted by Crippen LogP contribution is 2.18. The van der Waals surface area contributed by atoms with Gasteiger partial charge in [0, 0.05) is 12.6 Å². The number of rotatable bonds is 7. The van der Waals surface area contributed by atoms with Crippen LogP contribution in [-0.2, 0) is 17.9 Å². The molecule has 6 heteroatoms. The van der Waals surface area contributed by atoms with Gasteiger partial charge in [0.15, 0.2) is 0 Å². The maximum atomic E-state index is 12.7. The molecule has 0 bridgehead atoms. The molecule has 1 amide bonds. The van der Waals surface area contributed by atoms with Crippen molar-refractivity contribution in [2.24, 2.45) is 0 Å². The third-order valence-electron chi connectivity index (χ3n) is 4.46. The Balaban J connectivity index is 1.60. The van der Waals surface area contributed by atoms with Crippen molar-refractivity contribution in [1.29, 1.82) is 0 Å². The van der Waals surface area contributed by atoms with Crippen LogP contribution in [0.3, 0.4) is 0 Å². The van der Waals surface area contributed by atoms with Crippen LogP contribution in [0.2, 0.25) is 0 Å². The molecule has 0 spiro atoms. The van der Waals surface area contributed by atoms with Crippen LogP contribution in [0.4, 0.5) is 0 Å². The lowest BCUT2D eigenvalue weighted by Gasteiger charge is -2.16. The third-order valence-corrected chi connectivity index (χ3v) is 4.46. The zero-order valence-electron chi connectivity index (χ0n) is 16.7. The van der Waals surface area contributed by atoms with E-state index >= 15 is 0 Å². The number of ether oxygens (including phenoxy) is 2. The number of para-hydroxylation sites is 1. The van der Waals surface area contributed by atoms with Gasteiger partial charge in [-0.2, -0.15) is 0 Å². The van der Waals surface area contributed by atoms with E-state index in [9.17, 15) is 9.59 Å². The topological polar surface area (TPSA) is 69.0 Å². The quantitative estimate of drug-likeness (QED) is 0.562. The average Bonchev–Trinajstić information content (AvgIpc) is 3.12. The summed E-state index contributed by atoms with van der Waals surface area (Å²) in [5.74, 6) is 1.18. The maximum absolute atomic E-state index is 12.7. The van der Waals surface area contributed by atoms with Gasteiger partial charge in [-0.05, 0) is 42.8 Å². The lowest BCUT2D eigenvalue weighted by atomic mass is 10.1. The number of benzene rings is 2. The van der Waals surface area contributed by atoms with E-state index < -0.39 is 5.97 Å². The molecule has 0 aliphatic carbocycles. The maximum Gasteiger partial charge on any atom is 0.341 e. The monoisotopic (exact) mass is 393 g/mol. The SMILES string of the molecule is COC(=O)c1cc(CN(C)C(=O)c2ccc(COc3ccccc3)cc2)oc1C. The number of nitrogens with zero attached hydrogens (tertiary/aromatic N) is 1. The molecule has 0 aliphatic rings. The number of aryl methyl sites for hydroxylation is 1. The first-order valence-corrected chi connectivity index (χ1v) is 9.18. The highest BCUT2D eigenvalue weighted by molar-refractivity contribution is 5.94. The first-order valence-electron chi connectivity index (χ1n) is 9.18. The van der Waals surface area contributed by atoms with Crippen LogP contribution in [0.15, 0.2) is 65.1 Å². The molecule has 0 aliphatic heterocycles. The molecule has 3 aromatic rings. The lowest BCUT2D eigenvalue weighted by molar-refractivity contribution is 0.0598. The summed E-state index contributed by atoms with van der Waals surface area (Å²) in [6.45, 7) is 2.36. The summed E-state index contributed by atoms with van der Waals surface area (Å²) in [6, 6.07) is 18.5. The van der Waals surface area contributed by atoms with Crippen molar-refractivity contribution in [1.82, 2.24) is 4.90 Å². The van der Waals surface area contributed by atoms with Gasteiger partial charge in [0.2, 0.25) is 0 Å². The van der Waals surface area contributed by atoms with Crippen LogP contribution < -0.4 is 4.74 Å². The van der Waals surface area contributed by atoms with Gasteiger partial charge in [-0.1, -0.05) is 30.3 Å². The van der Waals surface area contributed by atoms with Crippen molar-refractivity contribution in [2.75, 3.05) is 14.2 Å². The molecular weight excluding hydrogens is 370 g/mol. The van der Waals surface area contributed by atoms with E-state index in [1.807, 2.05) is 42.5 Å². The Morgan fingerprint density at radius 2 is 1.72 bits per heavy atom. The van der Waals surface area contributed by atoms with E-state index in [0.29, 0.717) is 29.3 Å². The Bertz CT molecular complexity index is 976. The minimum absolute atomic E-state index is 0.144. The molecular formula is C23H23NO5. The van der Waals surface area contributed by atoms with Gasteiger partial charge in [0.25, 0.3) is 5.91 Å². The highest BCUT2D eigenvalue weighted by Gasteiger charge is 2.18. The number of hydrogen-bond donors (Lipinski definition) is 0. The summed E-state index contributed by atoms with van der Waals surface area (Å²) >= 11 is 0. The molecule has 0 radical (unpaired) electrons. The van der Waals surface area contributed by atoms with Crippen LogP contribution >= 0.6 is 0 Å². The van der Waals surface area contributed by atoms with Gasteiger partial charge in [-0.15, -0.1) is 0 Å². The summed E-state index contributed by atoms with van der Waals surface area (Å²) in [6.07, 6.45) is 0. The van der Waals surface area contributed by atoms with Crippen molar-refractivity contribution in [3.05, 3.63) is 88.9 Å². The Kier molecular flexibility index (Phi) is 6.34. The summed E-state index contributed by atoms with van der Waals surface area (Å²) in [5.41, 5.74) is 1.90. The zero-order valence-corrected chi connectivity index (χ0v) is 16.7. The summed E-state index contributed by atoms with van der Waals surface area (Å²) in [7, 11) is 3.00. The number of amides is 1. The van der Waals surface area contributed by atoms with Crippen LogP contribution in [0.1, 0.15) is 37.8 Å². The standard InChI is InChI=1S/C23H23NO5/c1-16-21(23(26)27-3)13-20(29-16)14-24(2)22(25)18-11-9-17(10-12-18)15-28-19-7-5-4-6-8-19/h4-13H,14-15H2,1-3H3. The molecule has 1 aromatic heterocycles. The molecule has 29 heavy (non-hydrogen) atoms. The molecule has 2 aromatic carbocycles. The fourth-order valence-corrected chi connectivity index (χ4v) is 2.89. The van der Waals surface area contributed by atoms with Gasteiger partial charge in [-0.3, -0.25) is 4.79 Å². The number of methoxy groups -OCH3 is 1. The predicted molar refractivity (Wildman–Crippen MR) is 108 cm³/mol. The number of carbonyl (C=O) groups is 2. The normalized spacial score (nSPS) is 10.4. The Morgan fingerprint density at radius 1 is 1.03 bits per heavy atom. The highest BCUT2D eigenvalue weighted by atomic mass is 16.5. The van der Waals surface area contributed by atoms with Crippen molar-refractivity contribution >= 4 is 11.9 Å². The van der Waals surface area contributed by atoms with Gasteiger partial charge in [0.05, 0.1) is 13.7 Å². The van der Waals surface area contributed by atoms with E-state index in [1.54, 1.807) is 32.2 Å². The number of esters is 1. The fourth-order valence-electron chi connectivity index (χ4n) is 2.89. The Hall–Kier alpha value is -3.54. The average molecular weight is 393 g/mol. The molecule has 0 fully saturated rings. The predicted octanol–water partition coefficient (Wildman–Crippen LogP) is 4.23. The van der Waals surface area contributed by atoms with Gasteiger partial charge < -0.3 is 18.8 Å². The number of furan rings is 1. The van der Waals surface area contributed by atoms with Crippen LogP contribution in [0.5, 0.6) is 5.75 Å². The molecule has 3 rings (SSSR count). The second-order valence-electron chi connectivity index (χ2n) is 6.63. The first kappa shape index (κ1) is 20.2. The van der Waals surface area contributed by atoms with E-state index in [0.717, 1.165) is 11.3 Å².